The fraction of sp³-hybridized carbons (Fsp3) is 0.500. The molecule has 4 heteroatoms. The third-order valence-electron chi connectivity index (χ3n) is 3.75. The Morgan fingerprint density at radius 2 is 2.22 bits per heavy atom. The molecule has 18 heavy (non-hydrogen) atoms. The summed E-state index contributed by atoms with van der Waals surface area (Å²) in [7, 11) is 1.62. The largest absolute Gasteiger partial charge is 0.496 e. The molecule has 0 unspecified atom stereocenters. The molecule has 2 rings (SSSR count). The maximum Gasteiger partial charge on any atom is 0.232 e. The number of carbonyl (C=O) groups is 1. The highest BCUT2D eigenvalue weighted by atomic mass is 16.5. The molecule has 1 aromatic rings. The van der Waals surface area contributed by atoms with E-state index in [4.69, 9.17) is 4.74 Å². The van der Waals surface area contributed by atoms with Crippen LogP contribution < -0.4 is 10.1 Å². The highest BCUT2D eigenvalue weighted by Gasteiger charge is 2.43. The van der Waals surface area contributed by atoms with E-state index in [0.717, 1.165) is 36.3 Å². The zero-order valence-corrected chi connectivity index (χ0v) is 10.8. The van der Waals surface area contributed by atoms with E-state index in [1.165, 1.54) is 0 Å². The summed E-state index contributed by atoms with van der Waals surface area (Å²) < 4.78 is 5.17. The summed E-state index contributed by atoms with van der Waals surface area (Å²) >= 11 is 0. The molecule has 1 aromatic carbocycles. The first-order valence-corrected chi connectivity index (χ1v) is 6.18. The van der Waals surface area contributed by atoms with Crippen molar-refractivity contribution in [1.82, 2.24) is 0 Å². The van der Waals surface area contributed by atoms with E-state index in [1.807, 2.05) is 25.1 Å². The molecule has 1 saturated carbocycles. The predicted molar refractivity (Wildman–Crippen MR) is 69.7 cm³/mol. The molecule has 1 aliphatic rings. The zero-order chi connectivity index (χ0) is 13.2. The van der Waals surface area contributed by atoms with E-state index in [2.05, 4.69) is 5.32 Å². The van der Waals surface area contributed by atoms with Crippen molar-refractivity contribution in [2.45, 2.75) is 26.2 Å². The lowest BCUT2D eigenvalue weighted by Gasteiger charge is -2.38. The van der Waals surface area contributed by atoms with Crippen molar-refractivity contribution in [3.63, 3.8) is 0 Å². The van der Waals surface area contributed by atoms with Crippen molar-refractivity contribution in [3.05, 3.63) is 23.8 Å². The Balaban J connectivity index is 2.10. The smallest absolute Gasteiger partial charge is 0.232 e. The topological polar surface area (TPSA) is 58.6 Å². The molecule has 0 aromatic heterocycles. The van der Waals surface area contributed by atoms with Crippen LogP contribution in [0.2, 0.25) is 0 Å². The molecule has 0 spiro atoms. The summed E-state index contributed by atoms with van der Waals surface area (Å²) in [5.74, 6) is 0.717. The van der Waals surface area contributed by atoms with Gasteiger partial charge < -0.3 is 15.2 Å². The van der Waals surface area contributed by atoms with E-state index >= 15 is 0 Å². The van der Waals surface area contributed by atoms with Gasteiger partial charge in [0.05, 0.1) is 19.1 Å². The molecule has 4 nitrogen and oxygen atoms in total. The molecule has 1 amide bonds. The second-order valence-electron chi connectivity index (χ2n) is 4.93. The van der Waals surface area contributed by atoms with Gasteiger partial charge in [0.15, 0.2) is 0 Å². The Morgan fingerprint density at radius 3 is 2.67 bits per heavy atom. The summed E-state index contributed by atoms with van der Waals surface area (Å²) in [5, 5.41) is 12.2. The van der Waals surface area contributed by atoms with E-state index in [9.17, 15) is 9.90 Å². The lowest BCUT2D eigenvalue weighted by atomic mass is 9.68. The molecule has 2 N–H and O–H groups in total. The minimum atomic E-state index is -0.562. The summed E-state index contributed by atoms with van der Waals surface area (Å²) in [5.41, 5.74) is 1.16. The maximum atomic E-state index is 12.1. The Bertz CT molecular complexity index is 447. The van der Waals surface area contributed by atoms with Crippen LogP contribution in [0.25, 0.3) is 0 Å². The van der Waals surface area contributed by atoms with Gasteiger partial charge in [-0.2, -0.15) is 0 Å². The van der Waals surface area contributed by atoms with Gasteiger partial charge in [-0.25, -0.2) is 0 Å². The number of hydrogen-bond donors (Lipinski definition) is 2. The van der Waals surface area contributed by atoms with Gasteiger partial charge in [-0.1, -0.05) is 6.42 Å². The van der Waals surface area contributed by atoms with Gasteiger partial charge in [-0.05, 0) is 43.5 Å². The van der Waals surface area contributed by atoms with Gasteiger partial charge in [0.25, 0.3) is 0 Å². The summed E-state index contributed by atoms with van der Waals surface area (Å²) in [6.07, 6.45) is 2.55. The number of nitrogens with one attached hydrogen (secondary N) is 1. The van der Waals surface area contributed by atoms with E-state index in [1.54, 1.807) is 7.11 Å². The molecule has 0 radical (unpaired) electrons. The SMILES string of the molecule is COc1ccc(NC(=O)C2(CO)CCC2)cc1C. The second kappa shape index (κ2) is 4.98. The number of ether oxygens (including phenoxy) is 1. The number of aryl methyl sites for hydroxylation is 1. The van der Waals surface area contributed by atoms with Crippen molar-refractivity contribution in [3.8, 4) is 5.75 Å². The van der Waals surface area contributed by atoms with Gasteiger partial charge in [-0.15, -0.1) is 0 Å². The molecule has 0 saturated heterocycles. The third kappa shape index (κ3) is 2.20. The lowest BCUT2D eigenvalue weighted by Crippen LogP contribution is -2.44. The summed E-state index contributed by atoms with van der Waals surface area (Å²) in [4.78, 5) is 12.1. The number of aliphatic hydroxyl groups excluding tert-OH is 1. The van der Waals surface area contributed by atoms with Gasteiger partial charge in [0, 0.05) is 5.69 Å². The number of amides is 1. The van der Waals surface area contributed by atoms with Crippen molar-refractivity contribution in [2.24, 2.45) is 5.41 Å². The molecular formula is C14H19NO3. The second-order valence-corrected chi connectivity index (χ2v) is 4.93. The maximum absolute atomic E-state index is 12.1. The highest BCUT2D eigenvalue weighted by Crippen LogP contribution is 2.41. The van der Waals surface area contributed by atoms with E-state index in [-0.39, 0.29) is 12.5 Å². The number of methoxy groups -OCH3 is 1. The molecule has 0 aliphatic heterocycles. The van der Waals surface area contributed by atoms with Crippen LogP contribution in [0.5, 0.6) is 5.75 Å². The molecule has 1 aliphatic carbocycles. The van der Waals surface area contributed by atoms with Gasteiger partial charge in [-0.3, -0.25) is 4.79 Å². The summed E-state index contributed by atoms with van der Waals surface area (Å²) in [6.45, 7) is 1.85. The van der Waals surface area contributed by atoms with Crippen LogP contribution in [0.1, 0.15) is 24.8 Å². The number of aliphatic hydroxyl groups is 1. The van der Waals surface area contributed by atoms with Crippen LogP contribution >= 0.6 is 0 Å². The monoisotopic (exact) mass is 249 g/mol. The average Bonchev–Trinajstić information content (AvgIpc) is 2.28. The predicted octanol–water partition coefficient (Wildman–Crippen LogP) is 2.10. The van der Waals surface area contributed by atoms with Crippen LogP contribution in [0.3, 0.4) is 0 Å². The van der Waals surface area contributed by atoms with Crippen molar-refractivity contribution in [2.75, 3.05) is 19.0 Å². The Morgan fingerprint density at radius 1 is 1.50 bits per heavy atom. The van der Waals surface area contributed by atoms with Crippen LogP contribution in [-0.4, -0.2) is 24.7 Å². The van der Waals surface area contributed by atoms with Crippen molar-refractivity contribution >= 4 is 11.6 Å². The minimum absolute atomic E-state index is 0.0754. The first-order chi connectivity index (χ1) is 8.61. The van der Waals surface area contributed by atoms with Gasteiger partial charge in [0.1, 0.15) is 5.75 Å². The standard InChI is InChI=1S/C14H19NO3/c1-10-8-11(4-5-12(10)18-2)15-13(17)14(9-16)6-3-7-14/h4-5,8,16H,3,6-7,9H2,1-2H3,(H,15,17). The highest BCUT2D eigenvalue weighted by molar-refractivity contribution is 5.96. The quantitative estimate of drug-likeness (QED) is 0.859. The van der Waals surface area contributed by atoms with Crippen LogP contribution in [0.4, 0.5) is 5.69 Å². The summed E-state index contributed by atoms with van der Waals surface area (Å²) in [6, 6.07) is 5.52. The molecule has 0 atom stereocenters. The van der Waals surface area contributed by atoms with Crippen molar-refractivity contribution in [1.29, 1.82) is 0 Å². The normalized spacial score (nSPS) is 16.8. The van der Waals surface area contributed by atoms with Gasteiger partial charge >= 0.3 is 0 Å². The van der Waals surface area contributed by atoms with Gasteiger partial charge in [0.2, 0.25) is 5.91 Å². The molecule has 0 heterocycles. The number of rotatable bonds is 4. The zero-order valence-electron chi connectivity index (χ0n) is 10.8. The number of carbonyl (C=O) groups excluding carboxylic acids is 1. The Hall–Kier alpha value is -1.55. The fourth-order valence-electron chi connectivity index (χ4n) is 2.28. The van der Waals surface area contributed by atoms with Crippen LogP contribution in [0, 0.1) is 12.3 Å². The molecule has 98 valence electrons. The lowest BCUT2D eigenvalue weighted by molar-refractivity contribution is -0.133. The molecule has 1 fully saturated rings. The van der Waals surface area contributed by atoms with E-state index < -0.39 is 5.41 Å². The van der Waals surface area contributed by atoms with E-state index in [0.29, 0.717) is 0 Å². The van der Waals surface area contributed by atoms with Crippen LogP contribution in [0.15, 0.2) is 18.2 Å². The third-order valence-corrected chi connectivity index (χ3v) is 3.75. The number of anilines is 1. The van der Waals surface area contributed by atoms with Crippen molar-refractivity contribution < 1.29 is 14.6 Å². The fourth-order valence-corrected chi connectivity index (χ4v) is 2.28. The molecule has 0 bridgehead atoms. The Kier molecular flexibility index (Phi) is 3.57. The minimum Gasteiger partial charge on any atom is -0.496 e. The number of hydrogen-bond acceptors (Lipinski definition) is 3. The average molecular weight is 249 g/mol. The first-order valence-electron chi connectivity index (χ1n) is 6.18. The van der Waals surface area contributed by atoms with Crippen LogP contribution in [-0.2, 0) is 4.79 Å². The number of benzene rings is 1. The first kappa shape index (κ1) is 12.9. The molecular weight excluding hydrogens is 230 g/mol. The Labute approximate surface area is 107 Å².